The summed E-state index contributed by atoms with van der Waals surface area (Å²) in [5.41, 5.74) is 6.18. The summed E-state index contributed by atoms with van der Waals surface area (Å²) in [7, 11) is -2.46. The number of nitrogens with two attached hydrogens (primary N) is 1. The predicted octanol–water partition coefficient (Wildman–Crippen LogP) is 1.96. The zero-order valence-electron chi connectivity index (χ0n) is 13.0. The van der Waals surface area contributed by atoms with Crippen molar-refractivity contribution in [1.82, 2.24) is 0 Å². The molecule has 0 aromatic heterocycles. The quantitative estimate of drug-likeness (QED) is 0.875. The lowest BCUT2D eigenvalue weighted by atomic mass is 10.00. The third-order valence-electron chi connectivity index (χ3n) is 3.87. The van der Waals surface area contributed by atoms with Gasteiger partial charge in [0.15, 0.2) is 14.6 Å². The van der Waals surface area contributed by atoms with E-state index in [-0.39, 0.29) is 11.3 Å². The van der Waals surface area contributed by atoms with E-state index in [4.69, 9.17) is 10.5 Å². The number of amides is 1. The maximum atomic E-state index is 13.0. The summed E-state index contributed by atoms with van der Waals surface area (Å²) < 4.78 is 29.2. The van der Waals surface area contributed by atoms with Crippen LogP contribution in [0.4, 0.5) is 0 Å². The highest BCUT2D eigenvalue weighted by atomic mass is 32.2. The number of sulfone groups is 1. The maximum absolute atomic E-state index is 13.0. The van der Waals surface area contributed by atoms with E-state index in [1.807, 2.05) is 6.07 Å². The normalized spacial score (nSPS) is 14.0. The summed E-state index contributed by atoms with van der Waals surface area (Å²) in [6, 6.07) is 14.8. The number of rotatable bonds is 6. The number of hydrogen-bond acceptors (Lipinski definition) is 4. The number of carbonyl (C=O) groups is 1. The third kappa shape index (κ3) is 3.22. The number of carbonyl (C=O) groups excluding carboxylic acids is 1. The molecule has 1 amide bonds. The lowest BCUT2D eigenvalue weighted by Crippen LogP contribution is -2.49. The zero-order valence-corrected chi connectivity index (χ0v) is 13.8. The molecule has 2 N–H and O–H groups in total. The van der Waals surface area contributed by atoms with Crippen LogP contribution < -0.4 is 10.5 Å². The molecule has 0 aliphatic heterocycles. The predicted molar refractivity (Wildman–Crippen MR) is 87.9 cm³/mol. The number of ether oxygens (including phenoxy) is 1. The minimum atomic E-state index is -3.95. The van der Waals surface area contributed by atoms with E-state index in [1.54, 1.807) is 24.3 Å². The summed E-state index contributed by atoms with van der Waals surface area (Å²) in [4.78, 5) is 12.0. The minimum Gasteiger partial charge on any atom is -0.497 e. The Kier molecular flexibility index (Phi) is 4.75. The zero-order chi connectivity index (χ0) is 17.1. The van der Waals surface area contributed by atoms with Crippen LogP contribution in [0.5, 0.6) is 5.75 Å². The fraction of sp³-hybridized carbons (Fsp3) is 0.235. The van der Waals surface area contributed by atoms with Crippen molar-refractivity contribution in [2.75, 3.05) is 7.11 Å². The average Bonchev–Trinajstić information content (AvgIpc) is 2.55. The largest absolute Gasteiger partial charge is 0.497 e. The minimum absolute atomic E-state index is 0.0114. The monoisotopic (exact) mass is 333 g/mol. The maximum Gasteiger partial charge on any atom is 0.239 e. The molecule has 2 aromatic rings. The summed E-state index contributed by atoms with van der Waals surface area (Å²) >= 11 is 0. The van der Waals surface area contributed by atoms with Crippen molar-refractivity contribution in [3.63, 3.8) is 0 Å². The van der Waals surface area contributed by atoms with Crippen LogP contribution in [-0.2, 0) is 21.1 Å². The Labute approximate surface area is 136 Å². The molecule has 1 atom stereocenters. The van der Waals surface area contributed by atoms with Gasteiger partial charge < -0.3 is 10.5 Å². The summed E-state index contributed by atoms with van der Waals surface area (Å²) in [6.45, 7) is 1.36. The number of benzene rings is 2. The molecule has 2 rings (SSSR count). The Balaban J connectivity index is 2.47. The van der Waals surface area contributed by atoms with Crippen molar-refractivity contribution in [3.8, 4) is 5.75 Å². The van der Waals surface area contributed by atoms with Crippen molar-refractivity contribution < 1.29 is 17.9 Å². The van der Waals surface area contributed by atoms with Crippen LogP contribution in [0.15, 0.2) is 59.5 Å². The van der Waals surface area contributed by atoms with Crippen LogP contribution in [0, 0.1) is 0 Å². The third-order valence-corrected chi connectivity index (χ3v) is 6.29. The fourth-order valence-electron chi connectivity index (χ4n) is 2.31. The Bertz CT molecular complexity index is 785. The molecule has 0 aliphatic rings. The van der Waals surface area contributed by atoms with E-state index < -0.39 is 20.5 Å². The van der Waals surface area contributed by atoms with Gasteiger partial charge >= 0.3 is 0 Å². The highest BCUT2D eigenvalue weighted by Gasteiger charge is 2.45. The first kappa shape index (κ1) is 17.0. The van der Waals surface area contributed by atoms with Gasteiger partial charge in [-0.15, -0.1) is 0 Å². The van der Waals surface area contributed by atoms with Crippen LogP contribution in [0.2, 0.25) is 0 Å². The number of primary amides is 1. The van der Waals surface area contributed by atoms with E-state index in [2.05, 4.69) is 0 Å². The molecule has 0 bridgehead atoms. The van der Waals surface area contributed by atoms with Gasteiger partial charge in [0, 0.05) is 6.42 Å². The van der Waals surface area contributed by atoms with Gasteiger partial charge in [0.25, 0.3) is 0 Å². The molecule has 23 heavy (non-hydrogen) atoms. The van der Waals surface area contributed by atoms with Crippen molar-refractivity contribution in [3.05, 3.63) is 60.2 Å². The van der Waals surface area contributed by atoms with Gasteiger partial charge in [0.05, 0.1) is 12.0 Å². The van der Waals surface area contributed by atoms with Crippen molar-refractivity contribution in [1.29, 1.82) is 0 Å². The van der Waals surface area contributed by atoms with E-state index in [1.165, 1.54) is 38.3 Å². The number of hydrogen-bond donors (Lipinski definition) is 1. The molecule has 122 valence electrons. The van der Waals surface area contributed by atoms with Gasteiger partial charge in [-0.3, -0.25) is 4.79 Å². The SMILES string of the molecule is COc1ccc(S(=O)(=O)C(C)(Cc2ccccc2)C(N)=O)cc1. The lowest BCUT2D eigenvalue weighted by Gasteiger charge is -2.26. The summed E-state index contributed by atoms with van der Waals surface area (Å²) in [5.74, 6) is -0.343. The second kappa shape index (κ2) is 6.42. The van der Waals surface area contributed by atoms with Crippen LogP contribution in [0.3, 0.4) is 0 Å². The molecule has 0 saturated heterocycles. The molecule has 0 fully saturated rings. The van der Waals surface area contributed by atoms with E-state index in [9.17, 15) is 13.2 Å². The Morgan fingerprint density at radius 2 is 1.65 bits per heavy atom. The lowest BCUT2D eigenvalue weighted by molar-refractivity contribution is -0.120. The van der Waals surface area contributed by atoms with E-state index in [0.717, 1.165) is 5.56 Å². The molecule has 1 unspecified atom stereocenters. The Hall–Kier alpha value is -2.34. The number of methoxy groups -OCH3 is 1. The highest BCUT2D eigenvalue weighted by Crippen LogP contribution is 2.30. The molecular formula is C17H19NO4S. The average molecular weight is 333 g/mol. The molecule has 6 heteroatoms. The summed E-state index contributed by atoms with van der Waals surface area (Å²) in [5, 5.41) is 0. The molecule has 0 spiro atoms. The van der Waals surface area contributed by atoms with Crippen LogP contribution in [0.1, 0.15) is 12.5 Å². The fourth-order valence-corrected chi connectivity index (χ4v) is 3.95. The van der Waals surface area contributed by atoms with Crippen molar-refractivity contribution >= 4 is 15.7 Å². The van der Waals surface area contributed by atoms with Crippen molar-refractivity contribution in [2.45, 2.75) is 23.0 Å². The molecule has 0 saturated carbocycles. The Morgan fingerprint density at radius 3 is 2.13 bits per heavy atom. The van der Waals surface area contributed by atoms with Gasteiger partial charge in [-0.1, -0.05) is 30.3 Å². The van der Waals surface area contributed by atoms with Crippen LogP contribution in [0.25, 0.3) is 0 Å². The van der Waals surface area contributed by atoms with E-state index in [0.29, 0.717) is 5.75 Å². The first-order valence-electron chi connectivity index (χ1n) is 7.04. The molecule has 5 nitrogen and oxygen atoms in total. The second-order valence-electron chi connectivity index (χ2n) is 5.44. The molecule has 0 radical (unpaired) electrons. The van der Waals surface area contributed by atoms with Gasteiger partial charge in [-0.2, -0.15) is 0 Å². The molecule has 0 aliphatic carbocycles. The Morgan fingerprint density at radius 1 is 1.09 bits per heavy atom. The first-order chi connectivity index (χ1) is 10.8. The van der Waals surface area contributed by atoms with Gasteiger partial charge in [-0.25, -0.2) is 8.42 Å². The van der Waals surface area contributed by atoms with Gasteiger partial charge in [-0.05, 0) is 36.8 Å². The first-order valence-corrected chi connectivity index (χ1v) is 8.52. The highest BCUT2D eigenvalue weighted by molar-refractivity contribution is 7.93. The van der Waals surface area contributed by atoms with E-state index >= 15 is 0 Å². The van der Waals surface area contributed by atoms with Crippen molar-refractivity contribution in [2.24, 2.45) is 5.73 Å². The van der Waals surface area contributed by atoms with Gasteiger partial charge in [0.1, 0.15) is 5.75 Å². The topological polar surface area (TPSA) is 86.5 Å². The summed E-state index contributed by atoms with van der Waals surface area (Å²) in [6.07, 6.45) is 0.0114. The molecule has 0 heterocycles. The molecule has 2 aromatic carbocycles. The standard InChI is InChI=1S/C17H19NO4S/c1-17(16(18)19,12-13-6-4-3-5-7-13)23(20,21)15-10-8-14(22-2)9-11-15/h3-11H,12H2,1-2H3,(H2,18,19). The van der Waals surface area contributed by atoms with Crippen LogP contribution >= 0.6 is 0 Å². The van der Waals surface area contributed by atoms with Crippen LogP contribution in [-0.4, -0.2) is 26.2 Å². The van der Waals surface area contributed by atoms with Gasteiger partial charge in [0.2, 0.25) is 5.91 Å². The molecular weight excluding hydrogens is 314 g/mol. The smallest absolute Gasteiger partial charge is 0.239 e. The second-order valence-corrected chi connectivity index (χ2v) is 7.82.